The van der Waals surface area contributed by atoms with Crippen molar-refractivity contribution in [2.45, 2.75) is 70.1 Å². The van der Waals surface area contributed by atoms with E-state index in [2.05, 4.69) is 20.2 Å². The van der Waals surface area contributed by atoms with Crippen LogP contribution < -0.4 is 10.1 Å². The van der Waals surface area contributed by atoms with Gasteiger partial charge in [-0.25, -0.2) is 13.8 Å². The van der Waals surface area contributed by atoms with Crippen molar-refractivity contribution in [2.75, 3.05) is 19.7 Å². The number of pyridine rings is 1. The number of alkyl halides is 5. The second-order valence-electron chi connectivity index (χ2n) is 9.64. The summed E-state index contributed by atoms with van der Waals surface area (Å²) in [6, 6.07) is 2.01. The van der Waals surface area contributed by atoms with Crippen LogP contribution in [0.15, 0.2) is 18.3 Å². The van der Waals surface area contributed by atoms with Crippen molar-refractivity contribution in [3.63, 3.8) is 0 Å². The maximum Gasteiger partial charge on any atom is 0.433 e. The summed E-state index contributed by atoms with van der Waals surface area (Å²) in [6.07, 6.45) is 1.68. The fourth-order valence-electron chi connectivity index (χ4n) is 4.63. The molecule has 2 aromatic heterocycles. The molecule has 6 nitrogen and oxygen atoms in total. The minimum absolute atomic E-state index is 0.0390. The van der Waals surface area contributed by atoms with Gasteiger partial charge in [-0.3, -0.25) is 14.7 Å². The highest BCUT2D eigenvalue weighted by molar-refractivity contribution is 7.13. The van der Waals surface area contributed by atoms with E-state index in [0.29, 0.717) is 17.7 Å². The van der Waals surface area contributed by atoms with Crippen LogP contribution in [-0.2, 0) is 19.1 Å². The second-order valence-corrected chi connectivity index (χ2v) is 10.7. The van der Waals surface area contributed by atoms with Crippen LogP contribution in [0, 0.1) is 5.92 Å². The van der Waals surface area contributed by atoms with Crippen LogP contribution in [0.2, 0.25) is 0 Å². The molecule has 0 unspecified atom stereocenters. The minimum Gasteiger partial charge on any atom is -0.464 e. The SMILES string of the molecule is CC(F)(F)COc1nc2c(s1)CCN(CC[C@H]1CC[C@H](NC(=O)c3ccnc(C(F)(F)F)c3)CC1)C2. The van der Waals surface area contributed by atoms with Gasteiger partial charge in [0, 0.05) is 42.7 Å². The number of nitrogens with zero attached hydrogens (tertiary/aromatic N) is 3. The molecule has 2 aromatic rings. The molecule has 36 heavy (non-hydrogen) atoms. The largest absolute Gasteiger partial charge is 0.464 e. The Balaban J connectivity index is 1.19. The number of thiazole rings is 1. The predicted molar refractivity (Wildman–Crippen MR) is 124 cm³/mol. The molecule has 198 valence electrons. The van der Waals surface area contributed by atoms with E-state index in [9.17, 15) is 26.7 Å². The van der Waals surface area contributed by atoms with Crippen LogP contribution in [0.5, 0.6) is 5.19 Å². The lowest BCUT2D eigenvalue weighted by Crippen LogP contribution is -2.38. The second kappa shape index (κ2) is 11.0. The van der Waals surface area contributed by atoms with E-state index in [1.807, 2.05) is 0 Å². The number of carbonyl (C=O) groups is 1. The zero-order valence-corrected chi connectivity index (χ0v) is 20.7. The smallest absolute Gasteiger partial charge is 0.433 e. The molecule has 0 spiro atoms. The summed E-state index contributed by atoms with van der Waals surface area (Å²) in [5.41, 5.74) is -0.215. The minimum atomic E-state index is -4.59. The maximum absolute atomic E-state index is 13.0. The molecule has 1 amide bonds. The average molecular weight is 533 g/mol. The Kier molecular flexibility index (Phi) is 8.13. The van der Waals surface area contributed by atoms with E-state index in [-0.39, 0.29) is 11.6 Å². The van der Waals surface area contributed by atoms with Crippen molar-refractivity contribution in [2.24, 2.45) is 5.92 Å². The summed E-state index contributed by atoms with van der Waals surface area (Å²) in [5, 5.41) is 3.16. The summed E-state index contributed by atoms with van der Waals surface area (Å²) in [4.78, 5) is 23.5. The van der Waals surface area contributed by atoms with E-state index in [4.69, 9.17) is 4.74 Å². The van der Waals surface area contributed by atoms with Gasteiger partial charge in [0.25, 0.3) is 17.0 Å². The summed E-state index contributed by atoms with van der Waals surface area (Å²) in [7, 11) is 0. The van der Waals surface area contributed by atoms with Crippen LogP contribution in [0.3, 0.4) is 0 Å². The maximum atomic E-state index is 13.0. The van der Waals surface area contributed by atoms with Gasteiger partial charge in [0.2, 0.25) is 0 Å². The average Bonchev–Trinajstić information content (AvgIpc) is 3.24. The van der Waals surface area contributed by atoms with Crippen LogP contribution in [-0.4, -0.2) is 52.4 Å². The van der Waals surface area contributed by atoms with Gasteiger partial charge in [-0.15, -0.1) is 0 Å². The Hall–Kier alpha value is -2.34. The molecule has 3 heterocycles. The number of halogens is 5. The molecule has 0 saturated heterocycles. The molecule has 0 radical (unpaired) electrons. The van der Waals surface area contributed by atoms with Crippen molar-refractivity contribution in [1.29, 1.82) is 0 Å². The van der Waals surface area contributed by atoms with Crippen molar-refractivity contribution in [1.82, 2.24) is 20.2 Å². The number of hydrogen-bond acceptors (Lipinski definition) is 6. The number of rotatable bonds is 8. The van der Waals surface area contributed by atoms with Crippen LogP contribution in [0.1, 0.15) is 65.7 Å². The molecule has 1 aliphatic carbocycles. The monoisotopic (exact) mass is 532 g/mol. The molecular weight excluding hydrogens is 503 g/mol. The van der Waals surface area contributed by atoms with Gasteiger partial charge >= 0.3 is 6.18 Å². The molecule has 4 rings (SSSR count). The fourth-order valence-corrected chi connectivity index (χ4v) is 5.53. The molecule has 0 bridgehead atoms. The molecule has 1 aliphatic heterocycles. The third-order valence-corrected chi connectivity index (χ3v) is 7.65. The molecule has 12 heteroatoms. The van der Waals surface area contributed by atoms with E-state index < -0.39 is 30.3 Å². The fraction of sp³-hybridized carbons (Fsp3) is 0.625. The molecule has 1 fully saturated rings. The molecule has 0 aromatic carbocycles. The first-order valence-electron chi connectivity index (χ1n) is 12.0. The summed E-state index contributed by atoms with van der Waals surface area (Å²) in [6.45, 7) is 2.60. The van der Waals surface area contributed by atoms with Gasteiger partial charge in [0.15, 0.2) is 6.61 Å². The van der Waals surface area contributed by atoms with Gasteiger partial charge < -0.3 is 10.1 Å². The van der Waals surface area contributed by atoms with E-state index >= 15 is 0 Å². The summed E-state index contributed by atoms with van der Waals surface area (Å²) < 4.78 is 69.8. The Bertz CT molecular complexity index is 1050. The lowest BCUT2D eigenvalue weighted by atomic mass is 9.84. The highest BCUT2D eigenvalue weighted by atomic mass is 32.1. The number of fused-ring (bicyclic) bond motifs is 1. The Morgan fingerprint density at radius 2 is 1.97 bits per heavy atom. The van der Waals surface area contributed by atoms with Crippen LogP contribution in [0.4, 0.5) is 22.0 Å². The lowest BCUT2D eigenvalue weighted by molar-refractivity contribution is -0.141. The molecule has 2 aliphatic rings. The standard InChI is InChI=1S/C24H29F5N4O2S/c1-23(25,26)14-35-22-32-18-13-33(11-8-19(18)36-22)10-7-15-2-4-17(5-3-15)31-21(34)16-6-9-30-20(12-16)24(27,28)29/h6,9,12,15,17H,2-5,7-8,10-11,13-14H2,1H3,(H,31,34)/t15-,17-. The first-order valence-corrected chi connectivity index (χ1v) is 12.8. The topological polar surface area (TPSA) is 67.3 Å². The van der Waals surface area contributed by atoms with Crippen molar-refractivity contribution in [3.05, 3.63) is 40.2 Å². The van der Waals surface area contributed by atoms with Gasteiger partial charge in [-0.1, -0.05) is 11.3 Å². The third kappa shape index (κ3) is 7.34. The number of ether oxygens (including phenoxy) is 1. The van der Waals surface area contributed by atoms with Crippen LogP contribution in [0.25, 0.3) is 0 Å². The Labute approximate surface area is 210 Å². The molecule has 0 atom stereocenters. The summed E-state index contributed by atoms with van der Waals surface area (Å²) in [5.74, 6) is -2.89. The normalized spacial score (nSPS) is 21.2. The number of hydrogen-bond donors (Lipinski definition) is 1. The quantitative estimate of drug-likeness (QED) is 0.466. The number of carbonyl (C=O) groups excluding carboxylic acids is 1. The van der Waals surface area contributed by atoms with E-state index in [0.717, 1.165) is 81.4 Å². The van der Waals surface area contributed by atoms with Crippen LogP contribution >= 0.6 is 11.3 Å². The number of nitrogens with one attached hydrogen (secondary N) is 1. The van der Waals surface area contributed by atoms with Gasteiger partial charge in [0.1, 0.15) is 5.69 Å². The Morgan fingerprint density at radius 3 is 2.67 bits per heavy atom. The summed E-state index contributed by atoms with van der Waals surface area (Å²) >= 11 is 1.34. The first-order chi connectivity index (χ1) is 17.0. The van der Waals surface area contributed by atoms with Crippen molar-refractivity contribution < 1.29 is 31.5 Å². The van der Waals surface area contributed by atoms with E-state index in [1.165, 1.54) is 17.4 Å². The highest BCUT2D eigenvalue weighted by Crippen LogP contribution is 2.32. The lowest BCUT2D eigenvalue weighted by Gasteiger charge is -2.32. The molecule has 1 N–H and O–H groups in total. The first kappa shape index (κ1) is 26.7. The number of aromatic nitrogens is 2. The Morgan fingerprint density at radius 1 is 1.22 bits per heavy atom. The number of amides is 1. The highest BCUT2D eigenvalue weighted by Gasteiger charge is 2.33. The van der Waals surface area contributed by atoms with E-state index in [1.54, 1.807) is 0 Å². The van der Waals surface area contributed by atoms with Gasteiger partial charge in [-0.2, -0.15) is 13.2 Å². The molecular formula is C24H29F5N4O2S. The van der Waals surface area contributed by atoms with Crippen molar-refractivity contribution in [3.8, 4) is 5.19 Å². The van der Waals surface area contributed by atoms with Gasteiger partial charge in [0.05, 0.1) is 5.69 Å². The van der Waals surface area contributed by atoms with Gasteiger partial charge in [-0.05, 0) is 63.1 Å². The predicted octanol–water partition coefficient (Wildman–Crippen LogP) is 5.33. The van der Waals surface area contributed by atoms with Crippen molar-refractivity contribution >= 4 is 17.2 Å². The zero-order chi connectivity index (χ0) is 25.9. The third-order valence-electron chi connectivity index (χ3n) is 6.58. The zero-order valence-electron chi connectivity index (χ0n) is 19.9. The molecule has 1 saturated carbocycles.